The van der Waals surface area contributed by atoms with Crippen molar-refractivity contribution in [3.8, 4) is 11.5 Å². The fraction of sp³-hybridized carbons (Fsp3) is 0.333. The Balaban J connectivity index is 2.23. The van der Waals surface area contributed by atoms with Crippen molar-refractivity contribution in [2.75, 3.05) is 13.2 Å². The number of ether oxygens (including phenoxy) is 2. The van der Waals surface area contributed by atoms with Gasteiger partial charge in [-0.25, -0.2) is 13.1 Å². The summed E-state index contributed by atoms with van der Waals surface area (Å²) in [6, 6.07) is 11.5. The van der Waals surface area contributed by atoms with E-state index in [1.165, 1.54) is 0 Å². The highest BCUT2D eigenvalue weighted by atomic mass is 79.9. The van der Waals surface area contributed by atoms with E-state index in [0.717, 1.165) is 10.0 Å². The van der Waals surface area contributed by atoms with Crippen molar-refractivity contribution in [1.29, 1.82) is 0 Å². The number of nitrogens with one attached hydrogen (secondary N) is 1. The van der Waals surface area contributed by atoms with Gasteiger partial charge in [0, 0.05) is 10.5 Å². The zero-order valence-electron chi connectivity index (χ0n) is 14.5. The van der Waals surface area contributed by atoms with E-state index in [0.29, 0.717) is 24.7 Å². The Kier molecular flexibility index (Phi) is 6.87. The standard InChI is InChI=1S/C18H22BrNO4S/c1-4-23-17-11-6-14(12-18(17)24-5-2)13(3)20-25(21,22)16-9-7-15(19)8-10-16/h6-13,20H,4-5H2,1-3H3/t13-/m0/s1. The van der Waals surface area contributed by atoms with Crippen LogP contribution in [0.2, 0.25) is 0 Å². The lowest BCUT2D eigenvalue weighted by molar-refractivity contribution is 0.287. The van der Waals surface area contributed by atoms with Gasteiger partial charge in [0.25, 0.3) is 0 Å². The quantitative estimate of drug-likeness (QED) is 0.682. The first kappa shape index (κ1) is 19.8. The summed E-state index contributed by atoms with van der Waals surface area (Å²) in [5.74, 6) is 1.26. The summed E-state index contributed by atoms with van der Waals surface area (Å²) >= 11 is 3.30. The van der Waals surface area contributed by atoms with Crippen LogP contribution in [0.15, 0.2) is 51.8 Å². The smallest absolute Gasteiger partial charge is 0.241 e. The highest BCUT2D eigenvalue weighted by Gasteiger charge is 2.19. The molecule has 0 saturated heterocycles. The van der Waals surface area contributed by atoms with E-state index >= 15 is 0 Å². The second-order valence-electron chi connectivity index (χ2n) is 5.37. The van der Waals surface area contributed by atoms with Gasteiger partial charge in [0.1, 0.15) is 0 Å². The number of rotatable bonds is 8. The summed E-state index contributed by atoms with van der Waals surface area (Å²) in [5.41, 5.74) is 0.799. The van der Waals surface area contributed by atoms with Gasteiger partial charge >= 0.3 is 0 Å². The minimum absolute atomic E-state index is 0.221. The number of sulfonamides is 1. The van der Waals surface area contributed by atoms with Crippen molar-refractivity contribution in [1.82, 2.24) is 4.72 Å². The highest BCUT2D eigenvalue weighted by Crippen LogP contribution is 2.31. The van der Waals surface area contributed by atoms with Crippen LogP contribution in [-0.2, 0) is 10.0 Å². The van der Waals surface area contributed by atoms with Crippen LogP contribution in [0.3, 0.4) is 0 Å². The summed E-state index contributed by atoms with van der Waals surface area (Å²) in [4.78, 5) is 0.221. The Morgan fingerprint density at radius 3 is 2.20 bits per heavy atom. The normalized spacial score (nSPS) is 12.6. The molecule has 25 heavy (non-hydrogen) atoms. The molecule has 0 fully saturated rings. The van der Waals surface area contributed by atoms with Crippen molar-refractivity contribution >= 4 is 26.0 Å². The molecule has 0 amide bonds. The second kappa shape index (κ2) is 8.69. The van der Waals surface area contributed by atoms with Crippen LogP contribution in [0, 0.1) is 0 Å². The fourth-order valence-corrected chi connectivity index (χ4v) is 3.82. The first-order valence-corrected chi connectivity index (χ1v) is 10.3. The predicted molar refractivity (Wildman–Crippen MR) is 102 cm³/mol. The molecule has 0 heterocycles. The molecule has 7 heteroatoms. The van der Waals surface area contributed by atoms with Crippen molar-refractivity contribution < 1.29 is 17.9 Å². The Hall–Kier alpha value is -1.57. The van der Waals surface area contributed by atoms with Gasteiger partial charge in [-0.05, 0) is 62.7 Å². The number of benzene rings is 2. The van der Waals surface area contributed by atoms with Crippen LogP contribution < -0.4 is 14.2 Å². The van der Waals surface area contributed by atoms with Gasteiger partial charge in [-0.2, -0.15) is 0 Å². The lowest BCUT2D eigenvalue weighted by Crippen LogP contribution is -2.26. The molecule has 5 nitrogen and oxygen atoms in total. The van der Waals surface area contributed by atoms with E-state index < -0.39 is 16.1 Å². The zero-order chi connectivity index (χ0) is 18.4. The number of halogens is 1. The molecule has 0 saturated carbocycles. The molecule has 136 valence electrons. The van der Waals surface area contributed by atoms with Gasteiger partial charge in [-0.3, -0.25) is 0 Å². The monoisotopic (exact) mass is 427 g/mol. The largest absolute Gasteiger partial charge is 0.490 e. The summed E-state index contributed by atoms with van der Waals surface area (Å²) in [6.07, 6.45) is 0. The minimum atomic E-state index is -3.61. The van der Waals surface area contributed by atoms with Gasteiger partial charge in [-0.15, -0.1) is 0 Å². The summed E-state index contributed by atoms with van der Waals surface area (Å²) in [5, 5.41) is 0. The molecule has 2 rings (SSSR count). The molecular formula is C18H22BrNO4S. The van der Waals surface area contributed by atoms with Gasteiger partial charge in [0.05, 0.1) is 18.1 Å². The average molecular weight is 428 g/mol. The molecule has 0 aliphatic heterocycles. The maximum atomic E-state index is 12.5. The van der Waals surface area contributed by atoms with Gasteiger partial charge in [0.2, 0.25) is 10.0 Å². The molecule has 1 N–H and O–H groups in total. The van der Waals surface area contributed by atoms with E-state index in [4.69, 9.17) is 9.47 Å². The topological polar surface area (TPSA) is 64.6 Å². The van der Waals surface area contributed by atoms with Crippen LogP contribution in [0.5, 0.6) is 11.5 Å². The second-order valence-corrected chi connectivity index (χ2v) is 8.00. The van der Waals surface area contributed by atoms with Crippen molar-refractivity contribution in [3.63, 3.8) is 0 Å². The van der Waals surface area contributed by atoms with Gasteiger partial charge < -0.3 is 9.47 Å². The Morgan fingerprint density at radius 1 is 1.00 bits per heavy atom. The molecule has 0 radical (unpaired) electrons. The first-order valence-electron chi connectivity index (χ1n) is 8.04. The molecule has 0 bridgehead atoms. The lowest BCUT2D eigenvalue weighted by atomic mass is 10.1. The van der Waals surface area contributed by atoms with E-state index in [2.05, 4.69) is 20.7 Å². The lowest BCUT2D eigenvalue weighted by Gasteiger charge is -2.17. The zero-order valence-corrected chi connectivity index (χ0v) is 16.9. The highest BCUT2D eigenvalue weighted by molar-refractivity contribution is 9.10. The van der Waals surface area contributed by atoms with Gasteiger partial charge in [-0.1, -0.05) is 22.0 Å². The molecule has 0 spiro atoms. The third-order valence-electron chi connectivity index (χ3n) is 3.52. The van der Waals surface area contributed by atoms with E-state index in [1.807, 2.05) is 26.0 Å². The third kappa shape index (κ3) is 5.20. The van der Waals surface area contributed by atoms with E-state index in [1.54, 1.807) is 37.3 Å². The first-order chi connectivity index (χ1) is 11.9. The van der Waals surface area contributed by atoms with E-state index in [-0.39, 0.29) is 4.90 Å². The third-order valence-corrected chi connectivity index (χ3v) is 5.61. The number of hydrogen-bond acceptors (Lipinski definition) is 4. The summed E-state index contributed by atoms with van der Waals surface area (Å²) < 4.78 is 39.7. The molecule has 0 aromatic heterocycles. The maximum Gasteiger partial charge on any atom is 0.241 e. The maximum absolute atomic E-state index is 12.5. The molecule has 0 aliphatic carbocycles. The molecule has 2 aromatic carbocycles. The molecular weight excluding hydrogens is 406 g/mol. The number of hydrogen-bond donors (Lipinski definition) is 1. The Morgan fingerprint density at radius 2 is 1.60 bits per heavy atom. The fourth-order valence-electron chi connectivity index (χ4n) is 2.32. The van der Waals surface area contributed by atoms with Crippen LogP contribution in [0.1, 0.15) is 32.4 Å². The summed E-state index contributed by atoms with van der Waals surface area (Å²) in [6.45, 7) is 6.62. The average Bonchev–Trinajstić information content (AvgIpc) is 2.57. The summed E-state index contributed by atoms with van der Waals surface area (Å²) in [7, 11) is -3.61. The molecule has 0 unspecified atom stereocenters. The van der Waals surface area contributed by atoms with Crippen LogP contribution in [0.4, 0.5) is 0 Å². The molecule has 1 atom stereocenters. The molecule has 0 aliphatic rings. The van der Waals surface area contributed by atoms with Crippen molar-refractivity contribution in [2.24, 2.45) is 0 Å². The van der Waals surface area contributed by atoms with Crippen molar-refractivity contribution in [3.05, 3.63) is 52.5 Å². The Bertz CT molecular complexity index is 806. The minimum Gasteiger partial charge on any atom is -0.490 e. The van der Waals surface area contributed by atoms with E-state index in [9.17, 15) is 8.42 Å². The Labute approximate surface area is 157 Å². The van der Waals surface area contributed by atoms with Crippen molar-refractivity contribution in [2.45, 2.75) is 31.7 Å². The molecule has 2 aromatic rings. The van der Waals surface area contributed by atoms with Crippen LogP contribution >= 0.6 is 15.9 Å². The van der Waals surface area contributed by atoms with Gasteiger partial charge in [0.15, 0.2) is 11.5 Å². The predicted octanol–water partition coefficient (Wildman–Crippen LogP) is 4.29. The van der Waals surface area contributed by atoms with Crippen LogP contribution in [-0.4, -0.2) is 21.6 Å². The van der Waals surface area contributed by atoms with Crippen LogP contribution in [0.25, 0.3) is 0 Å². The SMILES string of the molecule is CCOc1ccc([C@H](C)NS(=O)(=O)c2ccc(Br)cc2)cc1OCC.